The molecule has 0 saturated heterocycles. The van der Waals surface area contributed by atoms with Crippen molar-refractivity contribution in [3.63, 3.8) is 0 Å². The van der Waals surface area contributed by atoms with Gasteiger partial charge in [-0.25, -0.2) is 9.59 Å². The number of amides is 2. The molecule has 1 aliphatic heterocycles. The molecule has 0 spiro atoms. The summed E-state index contributed by atoms with van der Waals surface area (Å²) in [4.78, 5) is 25.1. The molecule has 1 atom stereocenters. The van der Waals surface area contributed by atoms with Gasteiger partial charge >= 0.3 is 12.0 Å². The van der Waals surface area contributed by atoms with Crippen LogP contribution in [0.15, 0.2) is 35.5 Å². The predicted molar refractivity (Wildman–Crippen MR) is 104 cm³/mol. The molecule has 1 unspecified atom stereocenters. The maximum absolute atomic E-state index is 12.8. The van der Waals surface area contributed by atoms with Gasteiger partial charge in [-0.1, -0.05) is 25.5 Å². The molecule has 2 rings (SSSR count). The van der Waals surface area contributed by atoms with Gasteiger partial charge < -0.3 is 20.1 Å². The van der Waals surface area contributed by atoms with E-state index in [0.717, 1.165) is 18.4 Å². The molecule has 0 aromatic heterocycles. The molecule has 0 aliphatic carbocycles. The summed E-state index contributed by atoms with van der Waals surface area (Å²) in [5.74, 6) is 0.283. The first-order valence-corrected chi connectivity index (χ1v) is 9.60. The fraction of sp³-hybridized carbons (Fsp3) is 0.524. The number of hydrogen-bond acceptors (Lipinski definition) is 4. The molecule has 1 aliphatic rings. The Balaban J connectivity index is 2.46. The molecular weight excluding hydrogens is 344 g/mol. The minimum Gasteiger partial charge on any atom is -0.491 e. The number of benzene rings is 1. The number of ether oxygens (including phenoxy) is 2. The average molecular weight is 374 g/mol. The Morgan fingerprint density at radius 3 is 2.56 bits per heavy atom. The molecule has 1 aromatic carbocycles. The lowest BCUT2D eigenvalue weighted by Gasteiger charge is -2.30. The van der Waals surface area contributed by atoms with Crippen LogP contribution in [0.25, 0.3) is 0 Å². The van der Waals surface area contributed by atoms with Gasteiger partial charge in [0, 0.05) is 5.70 Å². The monoisotopic (exact) mass is 374 g/mol. The minimum absolute atomic E-state index is 0.0314. The topological polar surface area (TPSA) is 76.7 Å². The van der Waals surface area contributed by atoms with Crippen LogP contribution in [0, 0.1) is 0 Å². The first-order chi connectivity index (χ1) is 12.8. The van der Waals surface area contributed by atoms with E-state index < -0.39 is 12.0 Å². The quantitative estimate of drug-likeness (QED) is 0.668. The number of rotatable bonds is 8. The SMILES string of the molecule is CCCCC1=C(C(=O)OC(C)C)C(c2cccc(OC(C)C)c2)NC(=O)N1. The summed E-state index contributed by atoms with van der Waals surface area (Å²) in [5.41, 5.74) is 1.87. The van der Waals surface area contributed by atoms with Crippen LogP contribution < -0.4 is 15.4 Å². The molecule has 0 bridgehead atoms. The van der Waals surface area contributed by atoms with Gasteiger partial charge in [0.25, 0.3) is 0 Å². The Labute approximate surface area is 161 Å². The third kappa shape index (κ3) is 5.74. The number of esters is 1. The van der Waals surface area contributed by atoms with Crippen LogP contribution in [0.4, 0.5) is 4.79 Å². The fourth-order valence-corrected chi connectivity index (χ4v) is 2.98. The maximum Gasteiger partial charge on any atom is 0.338 e. The van der Waals surface area contributed by atoms with Crippen molar-refractivity contribution in [3.8, 4) is 5.75 Å². The van der Waals surface area contributed by atoms with E-state index in [2.05, 4.69) is 17.6 Å². The van der Waals surface area contributed by atoms with E-state index in [1.54, 1.807) is 0 Å². The number of unbranched alkanes of at least 4 members (excludes halogenated alkanes) is 1. The summed E-state index contributed by atoms with van der Waals surface area (Å²) in [6, 6.07) is 6.56. The summed E-state index contributed by atoms with van der Waals surface area (Å²) in [6.07, 6.45) is 2.24. The Hall–Kier alpha value is -2.50. The van der Waals surface area contributed by atoms with Crippen molar-refractivity contribution >= 4 is 12.0 Å². The lowest BCUT2D eigenvalue weighted by molar-refractivity contribution is -0.143. The summed E-state index contributed by atoms with van der Waals surface area (Å²) in [5, 5.41) is 5.66. The van der Waals surface area contributed by atoms with E-state index in [9.17, 15) is 9.59 Å². The van der Waals surface area contributed by atoms with Crippen LogP contribution in [-0.4, -0.2) is 24.2 Å². The van der Waals surface area contributed by atoms with Crippen molar-refractivity contribution in [3.05, 3.63) is 41.1 Å². The zero-order chi connectivity index (χ0) is 20.0. The van der Waals surface area contributed by atoms with Crippen LogP contribution in [0.1, 0.15) is 65.5 Å². The van der Waals surface area contributed by atoms with Crippen molar-refractivity contribution in [2.45, 2.75) is 72.1 Å². The molecule has 0 radical (unpaired) electrons. The van der Waals surface area contributed by atoms with Gasteiger partial charge in [0.1, 0.15) is 5.75 Å². The number of hydrogen-bond donors (Lipinski definition) is 2. The van der Waals surface area contributed by atoms with Crippen LogP contribution in [0.3, 0.4) is 0 Å². The van der Waals surface area contributed by atoms with Gasteiger partial charge in [-0.05, 0) is 58.2 Å². The highest BCUT2D eigenvalue weighted by Crippen LogP contribution is 2.31. The number of carbonyl (C=O) groups excluding carboxylic acids is 2. The number of urea groups is 1. The lowest BCUT2D eigenvalue weighted by Crippen LogP contribution is -2.46. The number of carbonyl (C=O) groups is 2. The normalized spacial score (nSPS) is 17.0. The first-order valence-electron chi connectivity index (χ1n) is 9.60. The van der Waals surface area contributed by atoms with Gasteiger partial charge in [-0.15, -0.1) is 0 Å². The zero-order valence-electron chi connectivity index (χ0n) is 16.8. The Morgan fingerprint density at radius 2 is 1.93 bits per heavy atom. The van der Waals surface area contributed by atoms with Gasteiger partial charge in [0.2, 0.25) is 0 Å². The molecule has 148 valence electrons. The number of nitrogens with one attached hydrogen (secondary N) is 2. The molecular formula is C21H30N2O4. The average Bonchev–Trinajstić information content (AvgIpc) is 2.58. The van der Waals surface area contributed by atoms with Gasteiger partial charge in [0.05, 0.1) is 23.8 Å². The Kier molecular flexibility index (Phi) is 7.28. The van der Waals surface area contributed by atoms with E-state index in [0.29, 0.717) is 23.4 Å². The maximum atomic E-state index is 12.8. The van der Waals surface area contributed by atoms with Crippen molar-refractivity contribution in [1.82, 2.24) is 10.6 Å². The zero-order valence-corrected chi connectivity index (χ0v) is 16.8. The highest BCUT2D eigenvalue weighted by molar-refractivity contribution is 5.95. The molecule has 6 heteroatoms. The second-order valence-electron chi connectivity index (χ2n) is 7.22. The van der Waals surface area contributed by atoms with Gasteiger partial charge in [0.15, 0.2) is 0 Å². The smallest absolute Gasteiger partial charge is 0.338 e. The molecule has 6 nitrogen and oxygen atoms in total. The third-order valence-corrected chi connectivity index (χ3v) is 4.06. The second-order valence-corrected chi connectivity index (χ2v) is 7.22. The van der Waals surface area contributed by atoms with Crippen molar-refractivity contribution in [2.24, 2.45) is 0 Å². The molecule has 2 amide bonds. The number of allylic oxidation sites excluding steroid dienone is 1. The van der Waals surface area contributed by atoms with Crippen LogP contribution in [0.2, 0.25) is 0 Å². The van der Waals surface area contributed by atoms with E-state index in [4.69, 9.17) is 9.47 Å². The lowest BCUT2D eigenvalue weighted by atomic mass is 9.93. The first kappa shape index (κ1) is 20.8. The van der Waals surface area contributed by atoms with Gasteiger partial charge in [-0.3, -0.25) is 0 Å². The van der Waals surface area contributed by atoms with Crippen molar-refractivity contribution < 1.29 is 19.1 Å². The minimum atomic E-state index is -0.576. The summed E-state index contributed by atoms with van der Waals surface area (Å²) in [6.45, 7) is 9.59. The summed E-state index contributed by atoms with van der Waals surface area (Å²) < 4.78 is 11.2. The van der Waals surface area contributed by atoms with Crippen LogP contribution in [-0.2, 0) is 9.53 Å². The molecule has 27 heavy (non-hydrogen) atoms. The van der Waals surface area contributed by atoms with Gasteiger partial charge in [-0.2, -0.15) is 0 Å². The predicted octanol–water partition coefficient (Wildman–Crippen LogP) is 4.22. The standard InChI is InChI=1S/C21H30N2O4/c1-6-7-11-17-18(20(24)27-14(4)5)19(23-21(25)22-17)15-9-8-10-16(12-15)26-13(2)3/h8-10,12-14,19H,6-7,11H2,1-5H3,(H2,22,23,25). The molecule has 0 saturated carbocycles. The largest absolute Gasteiger partial charge is 0.491 e. The Morgan fingerprint density at radius 1 is 1.19 bits per heavy atom. The van der Waals surface area contributed by atoms with Crippen LogP contribution in [0.5, 0.6) is 5.75 Å². The highest BCUT2D eigenvalue weighted by atomic mass is 16.5. The van der Waals surface area contributed by atoms with E-state index >= 15 is 0 Å². The van der Waals surface area contributed by atoms with E-state index in [1.807, 2.05) is 52.0 Å². The van der Waals surface area contributed by atoms with E-state index in [-0.39, 0.29) is 18.2 Å². The Bertz CT molecular complexity index is 710. The van der Waals surface area contributed by atoms with E-state index in [1.165, 1.54) is 0 Å². The molecule has 1 aromatic rings. The highest BCUT2D eigenvalue weighted by Gasteiger charge is 2.34. The van der Waals surface area contributed by atoms with Crippen molar-refractivity contribution in [1.29, 1.82) is 0 Å². The third-order valence-electron chi connectivity index (χ3n) is 4.06. The summed E-state index contributed by atoms with van der Waals surface area (Å²) >= 11 is 0. The molecule has 1 heterocycles. The fourth-order valence-electron chi connectivity index (χ4n) is 2.98. The summed E-state index contributed by atoms with van der Waals surface area (Å²) in [7, 11) is 0. The van der Waals surface area contributed by atoms with Crippen molar-refractivity contribution in [2.75, 3.05) is 0 Å². The molecule has 0 fully saturated rings. The van der Waals surface area contributed by atoms with Crippen LogP contribution >= 0.6 is 0 Å². The molecule has 2 N–H and O–H groups in total. The second kappa shape index (κ2) is 9.44.